The molecule has 2 heterocycles. The van der Waals surface area contributed by atoms with Crippen molar-refractivity contribution in [2.45, 2.75) is 0 Å². The van der Waals surface area contributed by atoms with E-state index >= 15 is 0 Å². The minimum atomic E-state index is -0.783. The van der Waals surface area contributed by atoms with Gasteiger partial charge in [-0.3, -0.25) is 4.79 Å². The van der Waals surface area contributed by atoms with E-state index in [2.05, 4.69) is 0 Å². The Morgan fingerprint density at radius 1 is 0.893 bits per heavy atom. The predicted octanol–water partition coefficient (Wildman–Crippen LogP) is 2.81. The van der Waals surface area contributed by atoms with Crippen LogP contribution >= 0.6 is 0 Å². The van der Waals surface area contributed by atoms with Crippen molar-refractivity contribution in [2.24, 2.45) is 0 Å². The Bertz CT molecular complexity index is 1070. The number of anilines is 1. The van der Waals surface area contributed by atoms with E-state index in [0.29, 0.717) is 11.1 Å². The Morgan fingerprint density at radius 2 is 1.50 bits per heavy atom. The Balaban J connectivity index is 2.43. The zero-order chi connectivity index (χ0) is 20.4. The van der Waals surface area contributed by atoms with Crippen LogP contribution in [0.4, 0.5) is 5.69 Å². The second-order valence-corrected chi connectivity index (χ2v) is 6.31. The molecule has 0 atom stereocenters. The zero-order valence-electron chi connectivity index (χ0n) is 16.1. The van der Waals surface area contributed by atoms with E-state index in [1.807, 2.05) is 19.0 Å². The minimum Gasteiger partial charge on any atom is -0.465 e. The molecule has 0 radical (unpaired) electrons. The second kappa shape index (κ2) is 7.56. The molecule has 0 N–H and O–H groups in total. The maximum atomic E-state index is 13.3. The van der Waals surface area contributed by atoms with Crippen molar-refractivity contribution in [2.75, 3.05) is 33.2 Å². The zero-order valence-corrected chi connectivity index (χ0v) is 16.1. The molecule has 7 nitrogen and oxygen atoms in total. The third-order valence-electron chi connectivity index (χ3n) is 4.47. The van der Waals surface area contributed by atoms with Crippen LogP contribution < -0.4 is 4.90 Å². The van der Waals surface area contributed by atoms with Crippen LogP contribution in [0.2, 0.25) is 0 Å². The summed E-state index contributed by atoms with van der Waals surface area (Å²) in [6, 6.07) is 12.1. The number of hydrogen-bond donors (Lipinski definition) is 0. The monoisotopic (exact) mass is 380 g/mol. The van der Waals surface area contributed by atoms with Crippen LogP contribution in [-0.2, 0) is 9.47 Å². The molecule has 0 fully saturated rings. The predicted molar refractivity (Wildman–Crippen MR) is 104 cm³/mol. The first-order chi connectivity index (χ1) is 13.4. The van der Waals surface area contributed by atoms with Crippen LogP contribution in [-0.4, -0.2) is 50.4 Å². The van der Waals surface area contributed by atoms with E-state index in [0.717, 1.165) is 5.69 Å². The number of methoxy groups -OCH3 is 2. The first kappa shape index (κ1) is 19.2. The summed E-state index contributed by atoms with van der Waals surface area (Å²) < 4.78 is 11.3. The van der Waals surface area contributed by atoms with Crippen LogP contribution in [0.5, 0.6) is 0 Å². The lowest BCUT2D eigenvalue weighted by Crippen LogP contribution is -2.15. The molecule has 0 saturated carbocycles. The van der Waals surface area contributed by atoms with E-state index in [-0.39, 0.29) is 16.8 Å². The lowest BCUT2D eigenvalue weighted by Gasteiger charge is -2.13. The third kappa shape index (κ3) is 3.11. The van der Waals surface area contributed by atoms with Gasteiger partial charge in [-0.1, -0.05) is 30.3 Å². The number of fused-ring (bicyclic) bond motifs is 1. The molecule has 3 aromatic rings. The number of esters is 2. The largest absolute Gasteiger partial charge is 0.465 e. The van der Waals surface area contributed by atoms with Crippen LogP contribution in [0.3, 0.4) is 0 Å². The van der Waals surface area contributed by atoms with Crippen molar-refractivity contribution in [3.05, 3.63) is 71.0 Å². The van der Waals surface area contributed by atoms with Gasteiger partial charge in [-0.25, -0.2) is 9.59 Å². The van der Waals surface area contributed by atoms with Gasteiger partial charge in [0.2, 0.25) is 5.78 Å². The summed E-state index contributed by atoms with van der Waals surface area (Å²) in [4.78, 5) is 40.3. The van der Waals surface area contributed by atoms with Crippen molar-refractivity contribution in [3.63, 3.8) is 0 Å². The maximum Gasteiger partial charge on any atom is 0.341 e. The molecule has 2 aromatic heterocycles. The number of ketones is 1. The number of aromatic nitrogens is 1. The highest BCUT2D eigenvalue weighted by Crippen LogP contribution is 2.30. The molecule has 0 spiro atoms. The molecular formula is C21H20N2O5. The molecule has 144 valence electrons. The standard InChI is InChI=1S/C21H20N2O5/c1-22(2)14-10-11-23-15(12-14)16(20(25)27-3)17(21(26)28-4)18(23)19(24)13-8-6-5-7-9-13/h5-12H,1-4H3. The minimum absolute atomic E-state index is 0.00247. The number of carbonyl (C=O) groups is 3. The van der Waals surface area contributed by atoms with E-state index in [4.69, 9.17) is 9.47 Å². The molecule has 0 saturated heterocycles. The molecule has 28 heavy (non-hydrogen) atoms. The number of nitrogens with zero attached hydrogens (tertiary/aromatic N) is 2. The molecule has 0 bridgehead atoms. The van der Waals surface area contributed by atoms with Gasteiger partial charge in [0.1, 0.15) is 16.8 Å². The molecule has 0 aliphatic carbocycles. The van der Waals surface area contributed by atoms with Crippen LogP contribution in [0.25, 0.3) is 5.52 Å². The number of rotatable bonds is 5. The second-order valence-electron chi connectivity index (χ2n) is 6.31. The van der Waals surface area contributed by atoms with Gasteiger partial charge >= 0.3 is 11.9 Å². The van der Waals surface area contributed by atoms with Gasteiger partial charge in [0.25, 0.3) is 0 Å². The van der Waals surface area contributed by atoms with E-state index in [9.17, 15) is 14.4 Å². The molecule has 3 rings (SSSR count). The number of ether oxygens (including phenoxy) is 2. The topological polar surface area (TPSA) is 77.3 Å². The maximum absolute atomic E-state index is 13.3. The van der Waals surface area contributed by atoms with Crippen molar-refractivity contribution < 1.29 is 23.9 Å². The number of pyridine rings is 1. The lowest BCUT2D eigenvalue weighted by molar-refractivity contribution is 0.0556. The first-order valence-corrected chi connectivity index (χ1v) is 8.52. The number of hydrogen-bond acceptors (Lipinski definition) is 6. The molecule has 7 heteroatoms. The molecule has 1 aromatic carbocycles. The summed E-state index contributed by atoms with van der Waals surface area (Å²) in [6.07, 6.45) is 1.65. The van der Waals surface area contributed by atoms with Crippen LogP contribution in [0, 0.1) is 0 Å². The first-order valence-electron chi connectivity index (χ1n) is 8.52. The highest BCUT2D eigenvalue weighted by molar-refractivity contribution is 6.20. The molecular weight excluding hydrogens is 360 g/mol. The van der Waals surface area contributed by atoms with Crippen LogP contribution in [0.15, 0.2) is 48.7 Å². The normalized spacial score (nSPS) is 10.6. The summed E-state index contributed by atoms with van der Waals surface area (Å²) in [7, 11) is 6.13. The van der Waals surface area contributed by atoms with Gasteiger partial charge in [-0.05, 0) is 12.1 Å². The fourth-order valence-electron chi connectivity index (χ4n) is 3.08. The van der Waals surface area contributed by atoms with Gasteiger partial charge in [0, 0.05) is 31.5 Å². The summed E-state index contributed by atoms with van der Waals surface area (Å²) in [5.41, 5.74) is 1.51. The average molecular weight is 380 g/mol. The van der Waals surface area contributed by atoms with Crippen molar-refractivity contribution in [1.82, 2.24) is 4.40 Å². The fourth-order valence-corrected chi connectivity index (χ4v) is 3.08. The van der Waals surface area contributed by atoms with Gasteiger partial charge in [-0.2, -0.15) is 0 Å². The van der Waals surface area contributed by atoms with Crippen molar-refractivity contribution >= 4 is 28.9 Å². The Labute approximate surface area is 162 Å². The molecule has 0 aliphatic heterocycles. The summed E-state index contributed by atoms with van der Waals surface area (Å²) in [6.45, 7) is 0. The summed E-state index contributed by atoms with van der Waals surface area (Å²) in [5.74, 6) is -1.90. The van der Waals surface area contributed by atoms with E-state index < -0.39 is 17.7 Å². The van der Waals surface area contributed by atoms with Gasteiger partial charge < -0.3 is 18.8 Å². The van der Waals surface area contributed by atoms with Crippen molar-refractivity contribution in [1.29, 1.82) is 0 Å². The Morgan fingerprint density at radius 3 is 2.07 bits per heavy atom. The van der Waals surface area contributed by atoms with E-state index in [1.54, 1.807) is 48.7 Å². The Hall–Kier alpha value is -3.61. The molecule has 0 unspecified atom stereocenters. The van der Waals surface area contributed by atoms with E-state index in [1.165, 1.54) is 18.6 Å². The molecule has 0 aliphatic rings. The smallest absolute Gasteiger partial charge is 0.341 e. The SMILES string of the molecule is COC(=O)c1c(C(=O)OC)c2cc(N(C)C)ccn2c1C(=O)c1ccccc1. The third-order valence-corrected chi connectivity index (χ3v) is 4.47. The highest BCUT2D eigenvalue weighted by Gasteiger charge is 2.33. The Kier molecular flexibility index (Phi) is 5.17. The highest BCUT2D eigenvalue weighted by atomic mass is 16.5. The van der Waals surface area contributed by atoms with Gasteiger partial charge in [0.15, 0.2) is 0 Å². The van der Waals surface area contributed by atoms with Gasteiger partial charge in [-0.15, -0.1) is 0 Å². The van der Waals surface area contributed by atoms with Crippen molar-refractivity contribution in [3.8, 4) is 0 Å². The molecule has 0 amide bonds. The number of benzene rings is 1. The summed E-state index contributed by atoms with van der Waals surface area (Å²) in [5, 5.41) is 0. The van der Waals surface area contributed by atoms with Crippen LogP contribution in [0.1, 0.15) is 36.8 Å². The quantitative estimate of drug-likeness (QED) is 0.500. The number of carbonyl (C=O) groups excluding carboxylic acids is 3. The average Bonchev–Trinajstić information content (AvgIpc) is 3.06. The van der Waals surface area contributed by atoms with Gasteiger partial charge in [0.05, 0.1) is 19.7 Å². The summed E-state index contributed by atoms with van der Waals surface area (Å²) >= 11 is 0. The fraction of sp³-hybridized carbons (Fsp3) is 0.190. The lowest BCUT2D eigenvalue weighted by atomic mass is 10.0.